The fraction of sp³-hybridized carbons (Fsp3) is 0.500. The third kappa shape index (κ3) is 2.61. The first kappa shape index (κ1) is 14.7. The summed E-state index contributed by atoms with van der Waals surface area (Å²) in [6, 6.07) is 7.62. The molecule has 0 aliphatic carbocycles. The number of amides is 2. The van der Waals surface area contributed by atoms with Gasteiger partial charge in [0.15, 0.2) is 0 Å². The van der Waals surface area contributed by atoms with Gasteiger partial charge in [0.25, 0.3) is 0 Å². The van der Waals surface area contributed by atoms with Crippen LogP contribution in [0.3, 0.4) is 0 Å². The number of ether oxygens (including phenoxy) is 1. The molecule has 2 amide bonds. The van der Waals surface area contributed by atoms with Gasteiger partial charge in [-0.3, -0.25) is 4.79 Å². The van der Waals surface area contributed by atoms with Gasteiger partial charge < -0.3 is 20.1 Å². The maximum absolute atomic E-state index is 12.2. The highest BCUT2D eigenvalue weighted by Crippen LogP contribution is 2.33. The predicted molar refractivity (Wildman–Crippen MR) is 80.0 cm³/mol. The van der Waals surface area contributed by atoms with Crippen molar-refractivity contribution in [2.45, 2.75) is 19.3 Å². The van der Waals surface area contributed by atoms with Crippen molar-refractivity contribution in [2.75, 3.05) is 26.2 Å². The van der Waals surface area contributed by atoms with E-state index in [0.29, 0.717) is 26.1 Å². The molecular formula is C16H20N2O4. The number of carbonyl (C=O) groups is 2. The molecule has 2 aliphatic heterocycles. The SMILES string of the molecule is CC1(C(=O)O)CCN(C(=O)NCC2COc3ccccc32)C1. The molecule has 6 nitrogen and oxygen atoms in total. The zero-order valence-corrected chi connectivity index (χ0v) is 12.5. The molecule has 2 atom stereocenters. The summed E-state index contributed by atoms with van der Waals surface area (Å²) in [4.78, 5) is 25.0. The first-order chi connectivity index (χ1) is 10.5. The van der Waals surface area contributed by atoms with Crippen LogP contribution in [0.15, 0.2) is 24.3 Å². The number of nitrogens with one attached hydrogen (secondary N) is 1. The summed E-state index contributed by atoms with van der Waals surface area (Å²) in [5, 5.41) is 12.1. The minimum atomic E-state index is -0.846. The van der Waals surface area contributed by atoms with Gasteiger partial charge in [0.05, 0.1) is 12.0 Å². The number of urea groups is 1. The summed E-state index contributed by atoms with van der Waals surface area (Å²) in [5.74, 6) is 0.177. The van der Waals surface area contributed by atoms with Crippen molar-refractivity contribution in [1.29, 1.82) is 0 Å². The summed E-state index contributed by atoms with van der Waals surface area (Å²) < 4.78 is 5.59. The molecule has 3 rings (SSSR count). The molecule has 2 N–H and O–H groups in total. The Balaban J connectivity index is 1.55. The lowest BCUT2D eigenvalue weighted by Gasteiger charge is -2.21. The lowest BCUT2D eigenvalue weighted by atomic mass is 9.90. The Labute approximate surface area is 129 Å². The quantitative estimate of drug-likeness (QED) is 0.890. The monoisotopic (exact) mass is 304 g/mol. The summed E-state index contributed by atoms with van der Waals surface area (Å²) >= 11 is 0. The molecule has 0 radical (unpaired) electrons. The van der Waals surface area contributed by atoms with Gasteiger partial charge in [-0.25, -0.2) is 4.79 Å². The molecule has 2 aliphatic rings. The first-order valence-electron chi connectivity index (χ1n) is 7.47. The minimum absolute atomic E-state index is 0.147. The molecular weight excluding hydrogens is 284 g/mol. The van der Waals surface area contributed by atoms with Crippen molar-refractivity contribution in [3.05, 3.63) is 29.8 Å². The third-order valence-electron chi connectivity index (χ3n) is 4.58. The first-order valence-corrected chi connectivity index (χ1v) is 7.47. The number of hydrogen-bond donors (Lipinski definition) is 2. The van der Waals surface area contributed by atoms with E-state index in [-0.39, 0.29) is 18.5 Å². The van der Waals surface area contributed by atoms with E-state index in [4.69, 9.17) is 4.74 Å². The van der Waals surface area contributed by atoms with E-state index in [1.54, 1.807) is 11.8 Å². The number of fused-ring (bicyclic) bond motifs is 1. The maximum atomic E-state index is 12.2. The molecule has 1 fully saturated rings. The molecule has 0 saturated carbocycles. The average Bonchev–Trinajstić information content (AvgIpc) is 3.10. The van der Waals surface area contributed by atoms with Crippen molar-refractivity contribution in [2.24, 2.45) is 5.41 Å². The molecule has 0 spiro atoms. The molecule has 118 valence electrons. The Morgan fingerprint density at radius 2 is 2.23 bits per heavy atom. The smallest absolute Gasteiger partial charge is 0.317 e. The molecule has 0 aromatic heterocycles. The highest BCUT2D eigenvalue weighted by atomic mass is 16.5. The standard InChI is InChI=1S/C16H20N2O4/c1-16(14(19)20)6-7-18(10-16)15(21)17-8-11-9-22-13-5-3-2-4-12(11)13/h2-5,11H,6-10H2,1H3,(H,17,21)(H,19,20). The number of hydrogen-bond acceptors (Lipinski definition) is 3. The summed E-state index contributed by atoms with van der Waals surface area (Å²) in [6.45, 7) is 3.48. The molecule has 1 aromatic rings. The number of likely N-dealkylation sites (tertiary alicyclic amines) is 1. The number of para-hydroxylation sites is 1. The van der Waals surface area contributed by atoms with E-state index < -0.39 is 11.4 Å². The van der Waals surface area contributed by atoms with Gasteiger partial charge in [-0.1, -0.05) is 18.2 Å². The highest BCUT2D eigenvalue weighted by molar-refractivity contribution is 5.79. The number of carbonyl (C=O) groups excluding carboxylic acids is 1. The van der Waals surface area contributed by atoms with Crippen LogP contribution in [0.4, 0.5) is 4.79 Å². The van der Waals surface area contributed by atoms with E-state index >= 15 is 0 Å². The van der Waals surface area contributed by atoms with Crippen LogP contribution in [0.1, 0.15) is 24.8 Å². The molecule has 2 unspecified atom stereocenters. The molecule has 22 heavy (non-hydrogen) atoms. The second-order valence-corrected chi connectivity index (χ2v) is 6.27. The Hall–Kier alpha value is -2.24. The van der Waals surface area contributed by atoms with Gasteiger partial charge in [0, 0.05) is 31.1 Å². The number of nitrogens with zero attached hydrogens (tertiary/aromatic N) is 1. The van der Waals surface area contributed by atoms with Gasteiger partial charge in [0.2, 0.25) is 0 Å². The van der Waals surface area contributed by atoms with Crippen LogP contribution < -0.4 is 10.1 Å². The molecule has 2 heterocycles. The average molecular weight is 304 g/mol. The molecule has 0 bridgehead atoms. The number of carboxylic acids is 1. The number of carboxylic acid groups (broad SMARTS) is 1. The Morgan fingerprint density at radius 3 is 2.95 bits per heavy atom. The van der Waals surface area contributed by atoms with E-state index in [0.717, 1.165) is 11.3 Å². The second-order valence-electron chi connectivity index (χ2n) is 6.27. The number of rotatable bonds is 3. The maximum Gasteiger partial charge on any atom is 0.317 e. The molecule has 1 aromatic carbocycles. The van der Waals surface area contributed by atoms with Gasteiger partial charge in [-0.05, 0) is 19.4 Å². The Morgan fingerprint density at radius 1 is 1.45 bits per heavy atom. The van der Waals surface area contributed by atoms with Gasteiger partial charge >= 0.3 is 12.0 Å². The van der Waals surface area contributed by atoms with E-state index in [2.05, 4.69) is 5.32 Å². The zero-order chi connectivity index (χ0) is 15.7. The van der Waals surface area contributed by atoms with Gasteiger partial charge in [-0.2, -0.15) is 0 Å². The van der Waals surface area contributed by atoms with Crippen LogP contribution in [0, 0.1) is 5.41 Å². The minimum Gasteiger partial charge on any atom is -0.493 e. The van der Waals surface area contributed by atoms with Crippen LogP contribution in [0.2, 0.25) is 0 Å². The van der Waals surface area contributed by atoms with Crippen LogP contribution in [0.5, 0.6) is 5.75 Å². The van der Waals surface area contributed by atoms with Crippen molar-refractivity contribution in [3.8, 4) is 5.75 Å². The number of aliphatic carboxylic acids is 1. The lowest BCUT2D eigenvalue weighted by Crippen LogP contribution is -2.42. The van der Waals surface area contributed by atoms with Crippen LogP contribution in [-0.2, 0) is 4.79 Å². The number of benzene rings is 1. The van der Waals surface area contributed by atoms with Crippen molar-refractivity contribution in [1.82, 2.24) is 10.2 Å². The van der Waals surface area contributed by atoms with E-state index in [9.17, 15) is 14.7 Å². The van der Waals surface area contributed by atoms with Crippen LogP contribution in [-0.4, -0.2) is 48.2 Å². The van der Waals surface area contributed by atoms with Crippen molar-refractivity contribution >= 4 is 12.0 Å². The Kier molecular flexibility index (Phi) is 3.68. The fourth-order valence-electron chi connectivity index (χ4n) is 3.03. The van der Waals surface area contributed by atoms with Gasteiger partial charge in [0.1, 0.15) is 5.75 Å². The normalized spacial score (nSPS) is 26.4. The van der Waals surface area contributed by atoms with E-state index in [1.165, 1.54) is 0 Å². The van der Waals surface area contributed by atoms with Crippen LogP contribution in [0.25, 0.3) is 0 Å². The molecule has 1 saturated heterocycles. The van der Waals surface area contributed by atoms with Crippen molar-refractivity contribution < 1.29 is 19.4 Å². The van der Waals surface area contributed by atoms with Gasteiger partial charge in [-0.15, -0.1) is 0 Å². The zero-order valence-electron chi connectivity index (χ0n) is 12.5. The van der Waals surface area contributed by atoms with Crippen LogP contribution >= 0.6 is 0 Å². The largest absolute Gasteiger partial charge is 0.493 e. The Bertz CT molecular complexity index is 604. The highest BCUT2D eigenvalue weighted by Gasteiger charge is 2.42. The summed E-state index contributed by atoms with van der Waals surface area (Å²) in [7, 11) is 0. The fourth-order valence-corrected chi connectivity index (χ4v) is 3.03. The summed E-state index contributed by atoms with van der Waals surface area (Å²) in [5.41, 5.74) is 0.278. The second kappa shape index (κ2) is 5.51. The topological polar surface area (TPSA) is 78.9 Å². The van der Waals surface area contributed by atoms with Crippen molar-refractivity contribution in [3.63, 3.8) is 0 Å². The van der Waals surface area contributed by atoms with E-state index in [1.807, 2.05) is 24.3 Å². The molecule has 6 heteroatoms. The lowest BCUT2D eigenvalue weighted by molar-refractivity contribution is -0.146. The summed E-state index contributed by atoms with van der Waals surface area (Å²) in [6.07, 6.45) is 0.491. The predicted octanol–water partition coefficient (Wildman–Crippen LogP) is 1.67. The third-order valence-corrected chi connectivity index (χ3v) is 4.58.